The van der Waals surface area contributed by atoms with Crippen LogP contribution in [0.5, 0.6) is 5.75 Å². The lowest BCUT2D eigenvalue weighted by Gasteiger charge is -2.21. The molecule has 21 heavy (non-hydrogen) atoms. The number of hydrazine groups is 1. The fraction of sp³-hybridized carbons (Fsp3) is 0.200. The second kappa shape index (κ2) is 6.39. The summed E-state index contributed by atoms with van der Waals surface area (Å²) in [5.41, 5.74) is 4.11. The topological polar surface area (TPSA) is 47.3 Å². The van der Waals surface area contributed by atoms with Gasteiger partial charge >= 0.3 is 0 Å². The molecule has 1 unspecified atom stereocenters. The lowest BCUT2D eigenvalue weighted by Crippen LogP contribution is -2.30. The molecular formula is C15H15ClF2N2O. The van der Waals surface area contributed by atoms with Crippen molar-refractivity contribution < 1.29 is 13.5 Å². The smallest absolute Gasteiger partial charge is 0.142 e. The highest BCUT2D eigenvalue weighted by Gasteiger charge is 2.22. The Hall–Kier alpha value is -1.69. The highest BCUT2D eigenvalue weighted by Crippen LogP contribution is 2.33. The van der Waals surface area contributed by atoms with E-state index in [0.29, 0.717) is 11.3 Å². The van der Waals surface area contributed by atoms with Gasteiger partial charge in [-0.15, -0.1) is 0 Å². The molecule has 0 bridgehead atoms. The first-order chi connectivity index (χ1) is 9.97. The van der Waals surface area contributed by atoms with Crippen LogP contribution in [0.1, 0.15) is 22.7 Å². The van der Waals surface area contributed by atoms with Crippen LogP contribution in [-0.2, 0) is 0 Å². The molecule has 1 atom stereocenters. The van der Waals surface area contributed by atoms with Gasteiger partial charge in [-0.25, -0.2) is 14.2 Å². The van der Waals surface area contributed by atoms with Gasteiger partial charge in [-0.3, -0.25) is 5.84 Å². The van der Waals surface area contributed by atoms with Gasteiger partial charge in [-0.1, -0.05) is 29.3 Å². The second-order valence-electron chi connectivity index (χ2n) is 4.63. The van der Waals surface area contributed by atoms with E-state index in [4.69, 9.17) is 22.2 Å². The van der Waals surface area contributed by atoms with Gasteiger partial charge in [-0.05, 0) is 25.1 Å². The van der Waals surface area contributed by atoms with E-state index in [2.05, 4.69) is 5.43 Å². The number of methoxy groups -OCH3 is 1. The maximum Gasteiger partial charge on any atom is 0.142 e. The van der Waals surface area contributed by atoms with Gasteiger partial charge in [-0.2, -0.15) is 0 Å². The summed E-state index contributed by atoms with van der Waals surface area (Å²) < 4.78 is 33.0. The van der Waals surface area contributed by atoms with Gasteiger partial charge in [0, 0.05) is 11.1 Å². The Bertz CT molecular complexity index is 664. The van der Waals surface area contributed by atoms with E-state index in [9.17, 15) is 8.78 Å². The molecule has 2 aromatic rings. The molecule has 0 saturated heterocycles. The zero-order chi connectivity index (χ0) is 15.6. The maximum atomic E-state index is 14.1. The minimum atomic E-state index is -0.758. The molecule has 0 amide bonds. The third kappa shape index (κ3) is 3.15. The quantitative estimate of drug-likeness (QED) is 0.516. The summed E-state index contributed by atoms with van der Waals surface area (Å²) in [5, 5.41) is -0.275. The first-order valence-electron chi connectivity index (χ1n) is 6.23. The van der Waals surface area contributed by atoms with Gasteiger partial charge in [0.15, 0.2) is 0 Å². The molecule has 2 rings (SSSR count). The summed E-state index contributed by atoms with van der Waals surface area (Å²) in [4.78, 5) is 0. The third-order valence-electron chi connectivity index (χ3n) is 3.21. The van der Waals surface area contributed by atoms with Crippen molar-refractivity contribution in [1.29, 1.82) is 0 Å². The van der Waals surface area contributed by atoms with E-state index in [1.807, 2.05) is 13.0 Å². The number of ether oxygens (including phenoxy) is 1. The predicted molar refractivity (Wildman–Crippen MR) is 78.3 cm³/mol. The third-order valence-corrected chi connectivity index (χ3v) is 3.50. The van der Waals surface area contributed by atoms with Gasteiger partial charge in [0.25, 0.3) is 0 Å². The summed E-state index contributed by atoms with van der Waals surface area (Å²) in [6.07, 6.45) is 0. The lowest BCUT2D eigenvalue weighted by atomic mass is 9.96. The van der Waals surface area contributed by atoms with Crippen LogP contribution in [0.15, 0.2) is 30.3 Å². The molecule has 112 valence electrons. The van der Waals surface area contributed by atoms with Crippen molar-refractivity contribution in [3.63, 3.8) is 0 Å². The molecule has 6 heteroatoms. The van der Waals surface area contributed by atoms with Crippen LogP contribution < -0.4 is 16.0 Å². The number of rotatable bonds is 4. The molecule has 2 aromatic carbocycles. The van der Waals surface area contributed by atoms with E-state index in [-0.39, 0.29) is 10.6 Å². The van der Waals surface area contributed by atoms with Crippen molar-refractivity contribution in [2.45, 2.75) is 13.0 Å². The van der Waals surface area contributed by atoms with Gasteiger partial charge in [0.1, 0.15) is 17.4 Å². The lowest BCUT2D eigenvalue weighted by molar-refractivity contribution is 0.403. The van der Waals surface area contributed by atoms with Crippen molar-refractivity contribution in [2.75, 3.05) is 7.11 Å². The average Bonchev–Trinajstić information content (AvgIpc) is 2.45. The van der Waals surface area contributed by atoms with E-state index in [1.54, 1.807) is 12.1 Å². The molecule has 0 aliphatic heterocycles. The Balaban J connectivity index is 2.59. The van der Waals surface area contributed by atoms with E-state index in [0.717, 1.165) is 17.7 Å². The summed E-state index contributed by atoms with van der Waals surface area (Å²) in [6, 6.07) is 6.61. The maximum absolute atomic E-state index is 14.1. The van der Waals surface area contributed by atoms with Gasteiger partial charge in [0.2, 0.25) is 0 Å². The zero-order valence-electron chi connectivity index (χ0n) is 11.6. The first kappa shape index (κ1) is 15.7. The average molecular weight is 313 g/mol. The van der Waals surface area contributed by atoms with Crippen molar-refractivity contribution in [3.05, 3.63) is 63.7 Å². The molecule has 0 saturated carbocycles. The summed E-state index contributed by atoms with van der Waals surface area (Å²) >= 11 is 5.57. The van der Waals surface area contributed by atoms with Gasteiger partial charge in [0.05, 0.1) is 18.2 Å². The molecule has 3 N–H and O–H groups in total. The summed E-state index contributed by atoms with van der Waals surface area (Å²) in [6.45, 7) is 1.88. The zero-order valence-corrected chi connectivity index (χ0v) is 12.3. The van der Waals surface area contributed by atoms with E-state index in [1.165, 1.54) is 7.11 Å². The Morgan fingerprint density at radius 2 is 1.86 bits per heavy atom. The number of aryl methyl sites for hydroxylation is 1. The van der Waals surface area contributed by atoms with Crippen molar-refractivity contribution in [3.8, 4) is 5.75 Å². The number of benzene rings is 2. The predicted octanol–water partition coefficient (Wildman–Crippen LogP) is 3.49. The summed E-state index contributed by atoms with van der Waals surface area (Å²) in [5.74, 6) is 4.71. The standard InChI is InChI=1S/C15H15ClF2N2O/c1-8-3-4-14(21-2)10(5-8)15(20-19)9-6-13(18)11(16)7-12(9)17/h3-7,15,20H,19H2,1-2H3. The Labute approximate surface area is 126 Å². The molecule has 0 aliphatic rings. The summed E-state index contributed by atoms with van der Waals surface area (Å²) in [7, 11) is 1.50. The number of hydrogen-bond acceptors (Lipinski definition) is 3. The van der Waals surface area contributed by atoms with Gasteiger partial charge < -0.3 is 4.74 Å². The molecule has 0 heterocycles. The van der Waals surface area contributed by atoms with E-state index >= 15 is 0 Å². The Morgan fingerprint density at radius 1 is 1.14 bits per heavy atom. The molecule has 0 aromatic heterocycles. The molecule has 0 spiro atoms. The molecule has 0 fully saturated rings. The monoisotopic (exact) mass is 312 g/mol. The first-order valence-corrected chi connectivity index (χ1v) is 6.60. The highest BCUT2D eigenvalue weighted by molar-refractivity contribution is 6.30. The van der Waals surface area contributed by atoms with Crippen LogP contribution in [0.2, 0.25) is 5.02 Å². The van der Waals surface area contributed by atoms with Crippen molar-refractivity contribution >= 4 is 11.6 Å². The van der Waals surface area contributed by atoms with Crippen molar-refractivity contribution in [1.82, 2.24) is 5.43 Å². The largest absolute Gasteiger partial charge is 0.496 e. The fourth-order valence-electron chi connectivity index (χ4n) is 2.19. The molecule has 3 nitrogen and oxygen atoms in total. The highest BCUT2D eigenvalue weighted by atomic mass is 35.5. The Morgan fingerprint density at radius 3 is 2.48 bits per heavy atom. The Kier molecular flexibility index (Phi) is 4.77. The molecular weight excluding hydrogens is 298 g/mol. The van der Waals surface area contributed by atoms with Crippen LogP contribution in [0.25, 0.3) is 0 Å². The van der Waals surface area contributed by atoms with E-state index < -0.39 is 17.7 Å². The fourth-order valence-corrected chi connectivity index (χ4v) is 2.34. The van der Waals surface area contributed by atoms with Crippen LogP contribution in [-0.4, -0.2) is 7.11 Å². The van der Waals surface area contributed by atoms with Crippen LogP contribution >= 0.6 is 11.6 Å². The minimum Gasteiger partial charge on any atom is -0.496 e. The SMILES string of the molecule is COc1ccc(C)cc1C(NN)c1cc(F)c(Cl)cc1F. The number of hydrogen-bond donors (Lipinski definition) is 2. The van der Waals surface area contributed by atoms with Crippen LogP contribution in [0.4, 0.5) is 8.78 Å². The normalized spacial score (nSPS) is 12.3. The second-order valence-corrected chi connectivity index (χ2v) is 5.04. The van der Waals surface area contributed by atoms with Crippen LogP contribution in [0.3, 0.4) is 0 Å². The minimum absolute atomic E-state index is 0.0586. The number of halogens is 3. The molecule has 0 radical (unpaired) electrons. The number of nitrogens with two attached hydrogens (primary N) is 1. The van der Waals surface area contributed by atoms with Crippen molar-refractivity contribution in [2.24, 2.45) is 5.84 Å². The number of nitrogens with one attached hydrogen (secondary N) is 1. The molecule has 0 aliphatic carbocycles. The van der Waals surface area contributed by atoms with Crippen LogP contribution in [0, 0.1) is 18.6 Å².